The van der Waals surface area contributed by atoms with Crippen molar-refractivity contribution in [1.29, 1.82) is 0 Å². The number of nitrogens with one attached hydrogen (secondary N) is 1. The quantitative estimate of drug-likeness (QED) is 0.500. The van der Waals surface area contributed by atoms with Crippen LogP contribution in [0.2, 0.25) is 0 Å². The van der Waals surface area contributed by atoms with E-state index in [2.05, 4.69) is 5.32 Å². The molecule has 1 aromatic carbocycles. The minimum absolute atomic E-state index is 0.228. The zero-order chi connectivity index (χ0) is 11.4. The predicted molar refractivity (Wildman–Crippen MR) is 58.9 cm³/mol. The molecule has 15 heavy (non-hydrogen) atoms. The van der Waals surface area contributed by atoms with Crippen LogP contribution in [-0.2, 0) is 6.42 Å². The minimum atomic E-state index is -1.63. The molecule has 0 heterocycles. The second-order valence-corrected chi connectivity index (χ2v) is 3.14. The molecule has 0 aromatic heterocycles. The third-order valence-electron chi connectivity index (χ3n) is 2.06. The van der Waals surface area contributed by atoms with Gasteiger partial charge < -0.3 is 21.1 Å². The lowest BCUT2D eigenvalue weighted by atomic mass is 9.78. The highest BCUT2D eigenvalue weighted by Gasteiger charge is 2.16. The Morgan fingerprint density at radius 3 is 2.67 bits per heavy atom. The first-order valence-corrected chi connectivity index (χ1v) is 4.60. The third-order valence-corrected chi connectivity index (χ3v) is 2.06. The van der Waals surface area contributed by atoms with Gasteiger partial charge in [-0.15, -0.1) is 0 Å². The molecule has 0 bridgehead atoms. The number of hydrogen-bond donors (Lipinski definition) is 4. The van der Waals surface area contributed by atoms with Crippen LogP contribution in [0.5, 0.6) is 0 Å². The summed E-state index contributed by atoms with van der Waals surface area (Å²) >= 11 is 0. The Hall–Kier alpha value is -1.53. The number of aryl methyl sites for hydroxylation is 1. The van der Waals surface area contributed by atoms with E-state index >= 15 is 0 Å². The lowest BCUT2D eigenvalue weighted by molar-refractivity contribution is 0.259. The van der Waals surface area contributed by atoms with Crippen molar-refractivity contribution in [3.63, 3.8) is 0 Å². The van der Waals surface area contributed by atoms with Gasteiger partial charge in [0.25, 0.3) is 0 Å². The number of hydrogen-bond acceptors (Lipinski definition) is 3. The monoisotopic (exact) mass is 208 g/mol. The summed E-state index contributed by atoms with van der Waals surface area (Å²) in [7, 11) is -1.63. The Bertz CT molecular complexity index is 368. The van der Waals surface area contributed by atoms with Crippen LogP contribution in [0.15, 0.2) is 18.2 Å². The van der Waals surface area contributed by atoms with Crippen LogP contribution in [0.25, 0.3) is 0 Å². The normalized spacial score (nSPS) is 9.80. The van der Waals surface area contributed by atoms with E-state index in [1.54, 1.807) is 18.2 Å². The van der Waals surface area contributed by atoms with E-state index in [1.165, 1.54) is 0 Å². The summed E-state index contributed by atoms with van der Waals surface area (Å²) in [5, 5.41) is 20.4. The summed E-state index contributed by atoms with van der Waals surface area (Å²) in [4.78, 5) is 10.7. The van der Waals surface area contributed by atoms with Crippen molar-refractivity contribution >= 4 is 24.3 Å². The van der Waals surface area contributed by atoms with Crippen molar-refractivity contribution in [1.82, 2.24) is 0 Å². The molecule has 0 saturated carbocycles. The van der Waals surface area contributed by atoms with Crippen LogP contribution >= 0.6 is 0 Å². The maximum absolute atomic E-state index is 10.7. The molecule has 0 aliphatic carbocycles. The summed E-state index contributed by atoms with van der Waals surface area (Å²) in [5.41, 5.74) is 6.51. The van der Waals surface area contributed by atoms with Crippen LogP contribution in [0, 0.1) is 0 Å². The number of rotatable bonds is 3. The largest absolute Gasteiger partial charge is 0.490 e. The summed E-state index contributed by atoms with van der Waals surface area (Å²) in [5.74, 6) is 0. The molecule has 0 fully saturated rings. The molecule has 0 saturated heterocycles. The Morgan fingerprint density at radius 2 is 2.20 bits per heavy atom. The van der Waals surface area contributed by atoms with Gasteiger partial charge in [-0.05, 0) is 18.1 Å². The highest BCUT2D eigenvalue weighted by Crippen LogP contribution is 2.09. The van der Waals surface area contributed by atoms with Crippen molar-refractivity contribution in [2.75, 3.05) is 5.32 Å². The van der Waals surface area contributed by atoms with Gasteiger partial charge in [-0.3, -0.25) is 0 Å². The molecule has 0 atom stereocenters. The molecule has 0 spiro atoms. The molecule has 80 valence electrons. The topological polar surface area (TPSA) is 95.6 Å². The van der Waals surface area contributed by atoms with Gasteiger partial charge in [-0.2, -0.15) is 0 Å². The Balaban J connectivity index is 3.10. The number of amides is 2. The molecule has 5 N–H and O–H groups in total. The van der Waals surface area contributed by atoms with Gasteiger partial charge in [-0.1, -0.05) is 19.1 Å². The van der Waals surface area contributed by atoms with Gasteiger partial charge >= 0.3 is 13.1 Å². The first kappa shape index (κ1) is 11.5. The Morgan fingerprint density at radius 1 is 1.53 bits per heavy atom. The van der Waals surface area contributed by atoms with E-state index in [0.717, 1.165) is 12.0 Å². The van der Waals surface area contributed by atoms with Crippen LogP contribution in [0.4, 0.5) is 10.5 Å². The van der Waals surface area contributed by atoms with E-state index in [-0.39, 0.29) is 5.46 Å². The highest BCUT2D eigenvalue weighted by atomic mass is 16.4. The van der Waals surface area contributed by atoms with Crippen molar-refractivity contribution in [3.05, 3.63) is 23.8 Å². The summed E-state index contributed by atoms with van der Waals surface area (Å²) in [6.45, 7) is 1.96. The van der Waals surface area contributed by atoms with Gasteiger partial charge in [0.2, 0.25) is 0 Å². The second-order valence-electron chi connectivity index (χ2n) is 3.14. The van der Waals surface area contributed by atoms with Crippen LogP contribution < -0.4 is 16.5 Å². The van der Waals surface area contributed by atoms with E-state index in [0.29, 0.717) is 5.69 Å². The number of urea groups is 1. The molecule has 0 radical (unpaired) electrons. The lowest BCUT2D eigenvalue weighted by Crippen LogP contribution is -2.34. The fraction of sp³-hybridized carbons (Fsp3) is 0.222. The van der Waals surface area contributed by atoms with Crippen molar-refractivity contribution in [2.24, 2.45) is 5.73 Å². The van der Waals surface area contributed by atoms with Crippen LogP contribution in [0.1, 0.15) is 12.5 Å². The van der Waals surface area contributed by atoms with Crippen LogP contribution in [0.3, 0.4) is 0 Å². The molecule has 1 aromatic rings. The van der Waals surface area contributed by atoms with Gasteiger partial charge in [0.05, 0.1) is 0 Å². The smallest absolute Gasteiger partial charge is 0.423 e. The molecule has 1 rings (SSSR count). The number of primary amides is 1. The number of carbonyl (C=O) groups excluding carboxylic acids is 1. The lowest BCUT2D eigenvalue weighted by Gasteiger charge is -2.10. The maximum atomic E-state index is 10.7. The number of nitrogens with two attached hydrogens (primary N) is 1. The maximum Gasteiger partial charge on any atom is 0.490 e. The first-order valence-electron chi connectivity index (χ1n) is 4.60. The van der Waals surface area contributed by atoms with Crippen LogP contribution in [-0.4, -0.2) is 23.2 Å². The SMILES string of the molecule is CCc1ccc(B(O)O)c(NC(N)=O)c1. The molecule has 5 nitrogen and oxygen atoms in total. The highest BCUT2D eigenvalue weighted by molar-refractivity contribution is 6.60. The Kier molecular flexibility index (Phi) is 3.71. The predicted octanol–water partition coefficient (Wildman–Crippen LogP) is -0.581. The first-order chi connectivity index (χ1) is 7.04. The summed E-state index contributed by atoms with van der Waals surface area (Å²) in [6, 6.07) is 4.25. The van der Waals surface area contributed by atoms with Crippen molar-refractivity contribution in [2.45, 2.75) is 13.3 Å². The molecule has 0 aliphatic rings. The molecular weight excluding hydrogens is 195 g/mol. The second kappa shape index (κ2) is 4.81. The van der Waals surface area contributed by atoms with Crippen molar-refractivity contribution in [3.8, 4) is 0 Å². The fourth-order valence-corrected chi connectivity index (χ4v) is 1.29. The van der Waals surface area contributed by atoms with E-state index < -0.39 is 13.1 Å². The molecule has 6 heteroatoms. The molecular formula is C9H13BN2O3. The molecule has 0 unspecified atom stereocenters. The van der Waals surface area contributed by atoms with Gasteiger partial charge in [-0.25, -0.2) is 4.79 Å². The van der Waals surface area contributed by atoms with E-state index in [4.69, 9.17) is 15.8 Å². The van der Waals surface area contributed by atoms with Gasteiger partial charge in [0.15, 0.2) is 0 Å². The van der Waals surface area contributed by atoms with Gasteiger partial charge in [0.1, 0.15) is 0 Å². The zero-order valence-corrected chi connectivity index (χ0v) is 8.40. The van der Waals surface area contributed by atoms with E-state index in [1.807, 2.05) is 6.92 Å². The number of carbonyl (C=O) groups is 1. The molecule has 2 amide bonds. The van der Waals surface area contributed by atoms with Crippen molar-refractivity contribution < 1.29 is 14.8 Å². The zero-order valence-electron chi connectivity index (χ0n) is 8.40. The average molecular weight is 208 g/mol. The summed E-state index contributed by atoms with van der Waals surface area (Å²) < 4.78 is 0. The number of benzene rings is 1. The van der Waals surface area contributed by atoms with Gasteiger partial charge in [0, 0.05) is 11.2 Å². The standard InChI is InChI=1S/C9H13BN2O3/c1-2-6-3-4-7(10(14)15)8(5-6)12-9(11)13/h3-5,14-15H,2H2,1H3,(H3,11,12,13). The van der Waals surface area contributed by atoms with E-state index in [9.17, 15) is 4.79 Å². The Labute approximate surface area is 88.1 Å². The fourth-order valence-electron chi connectivity index (χ4n) is 1.29. The molecule has 0 aliphatic heterocycles. The minimum Gasteiger partial charge on any atom is -0.423 e. The number of anilines is 1. The average Bonchev–Trinajstić information content (AvgIpc) is 2.16. The third kappa shape index (κ3) is 2.97. The summed E-state index contributed by atoms with van der Waals surface area (Å²) in [6.07, 6.45) is 0.787.